The summed E-state index contributed by atoms with van der Waals surface area (Å²) in [5, 5.41) is 0. The van der Waals surface area contributed by atoms with Crippen LogP contribution in [0.25, 0.3) is 0 Å². The van der Waals surface area contributed by atoms with Gasteiger partial charge in [-0.05, 0) is 29.8 Å². The van der Waals surface area contributed by atoms with E-state index in [0.29, 0.717) is 0 Å². The molecule has 12 heteroatoms. The number of thioether (sulfide) groups is 1. The lowest BCUT2D eigenvalue weighted by Gasteiger charge is -2.15. The number of hydrogen-bond donors (Lipinski definition) is 1. The van der Waals surface area contributed by atoms with Crippen molar-refractivity contribution in [3.63, 3.8) is 0 Å². The molecule has 0 spiro atoms. The van der Waals surface area contributed by atoms with E-state index in [-0.39, 0.29) is 12.5 Å². The normalized spacial score (nSPS) is 15.5. The molecule has 1 atom stereocenters. The largest absolute Gasteiger partial charge is 0.446 e. The standard InChI is InChI=1S/C12H16F3O6PS2/c1-9(2)7-20-22(16,17)8-21-24(18,19)11-6-4-3-5-10(11)23-12(13,14)15/h3-6,9H,7-8H2,1-2H3,(H,16,17). The summed E-state index contributed by atoms with van der Waals surface area (Å²) in [6.45, 7) is 3.32. The van der Waals surface area contributed by atoms with Crippen LogP contribution in [0.3, 0.4) is 0 Å². The average Bonchev–Trinajstić information content (AvgIpc) is 2.42. The van der Waals surface area contributed by atoms with Crippen molar-refractivity contribution in [1.29, 1.82) is 0 Å². The first-order valence-electron chi connectivity index (χ1n) is 6.53. The van der Waals surface area contributed by atoms with Crippen molar-refractivity contribution >= 4 is 29.5 Å². The Balaban J connectivity index is 2.92. The SMILES string of the molecule is CC(C)COP(=O)(O)COS(=O)(=O)c1ccccc1SC(F)(F)F. The number of hydrogen-bond acceptors (Lipinski definition) is 6. The van der Waals surface area contributed by atoms with Gasteiger partial charge in [0.05, 0.1) is 6.61 Å². The van der Waals surface area contributed by atoms with Crippen LogP contribution in [0.5, 0.6) is 0 Å². The van der Waals surface area contributed by atoms with Crippen molar-refractivity contribution in [1.82, 2.24) is 0 Å². The van der Waals surface area contributed by atoms with E-state index in [2.05, 4.69) is 8.71 Å². The van der Waals surface area contributed by atoms with Crippen molar-refractivity contribution in [2.24, 2.45) is 5.92 Å². The number of benzene rings is 1. The molecule has 0 aliphatic rings. The molecule has 0 aliphatic carbocycles. The molecule has 0 saturated carbocycles. The van der Waals surface area contributed by atoms with Gasteiger partial charge in [0.15, 0.2) is 6.35 Å². The van der Waals surface area contributed by atoms with Crippen LogP contribution < -0.4 is 0 Å². The van der Waals surface area contributed by atoms with Crippen LogP contribution in [0.1, 0.15) is 13.8 Å². The molecule has 0 radical (unpaired) electrons. The molecule has 0 amide bonds. The average molecular weight is 408 g/mol. The lowest BCUT2D eigenvalue weighted by Crippen LogP contribution is -2.12. The van der Waals surface area contributed by atoms with Crippen molar-refractivity contribution in [3.8, 4) is 0 Å². The first-order chi connectivity index (χ1) is 10.8. The third-order valence-corrected chi connectivity index (χ3v) is 5.77. The molecular formula is C12H16F3O6PS2. The van der Waals surface area contributed by atoms with Gasteiger partial charge >= 0.3 is 13.1 Å². The molecule has 0 fully saturated rings. The van der Waals surface area contributed by atoms with Gasteiger partial charge in [0.1, 0.15) is 4.90 Å². The summed E-state index contributed by atoms with van der Waals surface area (Å²) in [6, 6.07) is 4.32. The Morgan fingerprint density at radius 2 is 1.88 bits per heavy atom. The lowest BCUT2D eigenvalue weighted by atomic mass is 10.2. The zero-order valence-electron chi connectivity index (χ0n) is 12.7. The Hall–Kier alpha value is -0.580. The summed E-state index contributed by atoms with van der Waals surface area (Å²) < 4.78 is 82.3. The molecule has 1 rings (SSSR count). The molecule has 1 aromatic rings. The third kappa shape index (κ3) is 7.54. The Kier molecular flexibility index (Phi) is 7.33. The highest BCUT2D eigenvalue weighted by molar-refractivity contribution is 8.00. The van der Waals surface area contributed by atoms with Gasteiger partial charge in [0.25, 0.3) is 10.1 Å². The molecule has 0 aromatic heterocycles. The molecular weight excluding hydrogens is 392 g/mol. The lowest BCUT2D eigenvalue weighted by molar-refractivity contribution is -0.0329. The molecule has 24 heavy (non-hydrogen) atoms. The van der Waals surface area contributed by atoms with Gasteiger partial charge in [-0.2, -0.15) is 21.6 Å². The zero-order chi connectivity index (χ0) is 18.6. The van der Waals surface area contributed by atoms with Gasteiger partial charge in [-0.15, -0.1) is 0 Å². The Labute approximate surface area is 142 Å². The minimum atomic E-state index is -4.70. The van der Waals surface area contributed by atoms with E-state index < -0.39 is 51.1 Å². The van der Waals surface area contributed by atoms with E-state index in [4.69, 9.17) is 0 Å². The van der Waals surface area contributed by atoms with Gasteiger partial charge in [-0.1, -0.05) is 26.0 Å². The van der Waals surface area contributed by atoms with Crippen LogP contribution in [0, 0.1) is 5.92 Å². The number of rotatable bonds is 8. The van der Waals surface area contributed by atoms with Gasteiger partial charge < -0.3 is 9.42 Å². The molecule has 1 unspecified atom stereocenters. The molecule has 0 heterocycles. The summed E-state index contributed by atoms with van der Waals surface area (Å²) >= 11 is -0.620. The Bertz CT molecular complexity index is 705. The minimum absolute atomic E-state index is 0.0778. The quantitative estimate of drug-likeness (QED) is 0.397. The van der Waals surface area contributed by atoms with Crippen molar-refractivity contribution in [2.45, 2.75) is 29.1 Å². The summed E-state index contributed by atoms with van der Waals surface area (Å²) in [7, 11) is -9.02. The van der Waals surface area contributed by atoms with Crippen LogP contribution >= 0.6 is 19.4 Å². The highest BCUT2D eigenvalue weighted by atomic mass is 32.2. The van der Waals surface area contributed by atoms with E-state index in [1.54, 1.807) is 13.8 Å². The smallest absolute Gasteiger partial charge is 0.323 e. The highest BCUT2D eigenvalue weighted by Gasteiger charge is 2.34. The molecule has 1 N–H and O–H groups in total. The van der Waals surface area contributed by atoms with E-state index >= 15 is 0 Å². The van der Waals surface area contributed by atoms with Crippen LogP contribution in [0.2, 0.25) is 0 Å². The van der Waals surface area contributed by atoms with Crippen LogP contribution in [-0.4, -0.2) is 31.8 Å². The molecule has 6 nitrogen and oxygen atoms in total. The van der Waals surface area contributed by atoms with Gasteiger partial charge in [-0.3, -0.25) is 8.75 Å². The van der Waals surface area contributed by atoms with Crippen molar-refractivity contribution in [2.75, 3.05) is 13.0 Å². The maximum Gasteiger partial charge on any atom is 0.446 e. The Morgan fingerprint density at radius 3 is 2.42 bits per heavy atom. The maximum absolute atomic E-state index is 12.5. The molecule has 0 saturated heterocycles. The fourth-order valence-electron chi connectivity index (χ4n) is 1.37. The predicted molar refractivity (Wildman–Crippen MR) is 82.1 cm³/mol. The Morgan fingerprint density at radius 1 is 1.29 bits per heavy atom. The maximum atomic E-state index is 12.5. The number of alkyl halides is 3. The fraction of sp³-hybridized carbons (Fsp3) is 0.500. The first-order valence-corrected chi connectivity index (χ1v) is 10.5. The van der Waals surface area contributed by atoms with Crippen molar-refractivity contribution in [3.05, 3.63) is 24.3 Å². The van der Waals surface area contributed by atoms with Gasteiger partial charge in [0.2, 0.25) is 0 Å². The summed E-state index contributed by atoms with van der Waals surface area (Å²) in [5.74, 6) is -0.0778. The number of halogens is 3. The second-order valence-corrected chi connectivity index (χ2v) is 9.50. The highest BCUT2D eigenvalue weighted by Crippen LogP contribution is 2.44. The summed E-state index contributed by atoms with van der Waals surface area (Å²) in [5.41, 5.74) is -4.70. The fourth-order valence-corrected chi connectivity index (χ4v) is 4.74. The van der Waals surface area contributed by atoms with E-state index in [1.165, 1.54) is 12.1 Å². The second-order valence-electron chi connectivity index (χ2n) is 5.02. The van der Waals surface area contributed by atoms with Gasteiger partial charge in [0, 0.05) is 4.90 Å². The minimum Gasteiger partial charge on any atom is -0.323 e. The first kappa shape index (κ1) is 21.5. The predicted octanol–water partition coefficient (Wildman–Crippen LogP) is 3.82. The van der Waals surface area contributed by atoms with Crippen LogP contribution in [0.15, 0.2) is 34.1 Å². The summed E-state index contributed by atoms with van der Waals surface area (Å²) in [4.78, 5) is 8.15. The van der Waals surface area contributed by atoms with E-state index in [1.807, 2.05) is 0 Å². The molecule has 1 aromatic carbocycles. The van der Waals surface area contributed by atoms with Crippen molar-refractivity contribution < 1.29 is 39.8 Å². The van der Waals surface area contributed by atoms with E-state index in [0.717, 1.165) is 12.1 Å². The third-order valence-electron chi connectivity index (χ3n) is 2.32. The molecule has 0 aliphatic heterocycles. The monoisotopic (exact) mass is 408 g/mol. The molecule has 138 valence electrons. The summed E-state index contributed by atoms with van der Waals surface area (Å²) in [6.07, 6.45) is -1.19. The van der Waals surface area contributed by atoms with E-state index in [9.17, 15) is 31.0 Å². The van der Waals surface area contributed by atoms with Crippen LogP contribution in [0.4, 0.5) is 13.2 Å². The zero-order valence-corrected chi connectivity index (χ0v) is 15.2. The van der Waals surface area contributed by atoms with Gasteiger partial charge in [-0.25, -0.2) is 0 Å². The molecule has 0 bridgehead atoms. The topological polar surface area (TPSA) is 89.9 Å². The van der Waals surface area contributed by atoms with Crippen LogP contribution in [-0.2, 0) is 23.4 Å². The second kappa shape index (κ2) is 8.20.